The topological polar surface area (TPSA) is 126 Å². The standard InChI is InChI=1S/C23H40O8/c1-29-19(25)15-13-11-9-7-5-3-2-4-6-8-10-12-14-16-30-22-20(26)18(17-24)31-23(28)21(22)27/h18,20-24,26-28H,4-17H2,1H3/t18-,20-,21-,22+,23?/m1/s1. The molecule has 180 valence electrons. The summed E-state index contributed by atoms with van der Waals surface area (Å²) in [4.78, 5) is 11.0. The molecule has 0 radical (unpaired) electrons. The van der Waals surface area contributed by atoms with E-state index >= 15 is 0 Å². The molecule has 1 aliphatic rings. The summed E-state index contributed by atoms with van der Waals surface area (Å²) in [5, 5.41) is 38.7. The quantitative estimate of drug-likeness (QED) is 0.171. The van der Waals surface area contributed by atoms with E-state index in [4.69, 9.17) is 14.6 Å². The van der Waals surface area contributed by atoms with Crippen molar-refractivity contribution in [2.24, 2.45) is 0 Å². The van der Waals surface area contributed by atoms with Gasteiger partial charge in [-0.05, 0) is 25.7 Å². The van der Waals surface area contributed by atoms with Crippen LogP contribution in [0.2, 0.25) is 0 Å². The average molecular weight is 445 g/mol. The molecule has 1 unspecified atom stereocenters. The molecule has 8 nitrogen and oxygen atoms in total. The van der Waals surface area contributed by atoms with E-state index in [9.17, 15) is 20.1 Å². The third kappa shape index (κ3) is 11.8. The lowest BCUT2D eigenvalue weighted by Crippen LogP contribution is -2.59. The van der Waals surface area contributed by atoms with Crippen LogP contribution < -0.4 is 0 Å². The van der Waals surface area contributed by atoms with Gasteiger partial charge in [-0.3, -0.25) is 4.79 Å². The van der Waals surface area contributed by atoms with E-state index in [0.717, 1.165) is 70.6 Å². The Morgan fingerprint density at radius 3 is 2.06 bits per heavy atom. The molecule has 8 heteroatoms. The van der Waals surface area contributed by atoms with Crippen molar-refractivity contribution in [2.75, 3.05) is 20.3 Å². The summed E-state index contributed by atoms with van der Waals surface area (Å²) in [6, 6.07) is 0. The number of carbonyl (C=O) groups is 1. The van der Waals surface area contributed by atoms with E-state index in [2.05, 4.69) is 16.6 Å². The molecule has 0 amide bonds. The Kier molecular flexibility index (Phi) is 15.6. The summed E-state index contributed by atoms with van der Waals surface area (Å²) in [6.07, 6.45) is 5.45. The van der Waals surface area contributed by atoms with Crippen LogP contribution in [0, 0.1) is 11.8 Å². The van der Waals surface area contributed by atoms with Gasteiger partial charge in [-0.25, -0.2) is 0 Å². The molecule has 5 atom stereocenters. The number of rotatable bonds is 15. The summed E-state index contributed by atoms with van der Waals surface area (Å²) in [7, 11) is 1.42. The van der Waals surface area contributed by atoms with Crippen molar-refractivity contribution in [3.63, 3.8) is 0 Å². The van der Waals surface area contributed by atoms with Crippen LogP contribution in [0.4, 0.5) is 0 Å². The first-order valence-electron chi connectivity index (χ1n) is 11.5. The van der Waals surface area contributed by atoms with E-state index in [0.29, 0.717) is 13.0 Å². The normalized spacial score (nSPS) is 25.6. The molecule has 1 fully saturated rings. The van der Waals surface area contributed by atoms with Gasteiger partial charge in [-0.15, -0.1) is 11.8 Å². The van der Waals surface area contributed by atoms with Crippen LogP contribution in [0.3, 0.4) is 0 Å². The minimum atomic E-state index is -1.47. The van der Waals surface area contributed by atoms with Crippen molar-refractivity contribution in [2.45, 2.75) is 108 Å². The molecule has 0 spiro atoms. The van der Waals surface area contributed by atoms with E-state index in [1.54, 1.807) is 0 Å². The molecular formula is C23H40O8. The van der Waals surface area contributed by atoms with Gasteiger partial charge in [0.25, 0.3) is 0 Å². The average Bonchev–Trinajstić information content (AvgIpc) is 2.77. The fourth-order valence-electron chi connectivity index (χ4n) is 3.44. The highest BCUT2D eigenvalue weighted by Gasteiger charge is 2.44. The highest BCUT2D eigenvalue weighted by atomic mass is 16.6. The SMILES string of the molecule is COC(=O)CCCCCCC#CCCCCCCCO[C@H]1[C@H](O)[C@@H](CO)OC(O)[C@@H]1O. The Hall–Kier alpha value is -1.21. The predicted molar refractivity (Wildman–Crippen MR) is 115 cm³/mol. The molecule has 1 saturated heterocycles. The molecule has 1 heterocycles. The zero-order valence-electron chi connectivity index (χ0n) is 18.7. The van der Waals surface area contributed by atoms with Crippen LogP contribution >= 0.6 is 0 Å². The summed E-state index contributed by atoms with van der Waals surface area (Å²) >= 11 is 0. The predicted octanol–water partition coefficient (Wildman–Crippen LogP) is 1.66. The molecule has 0 aliphatic carbocycles. The third-order valence-corrected chi connectivity index (χ3v) is 5.38. The molecule has 0 aromatic rings. The van der Waals surface area contributed by atoms with Crippen molar-refractivity contribution in [3.05, 3.63) is 0 Å². The van der Waals surface area contributed by atoms with Crippen molar-refractivity contribution < 1.29 is 39.4 Å². The van der Waals surface area contributed by atoms with E-state index in [1.165, 1.54) is 7.11 Å². The molecule has 31 heavy (non-hydrogen) atoms. The zero-order chi connectivity index (χ0) is 22.9. The second-order valence-electron chi connectivity index (χ2n) is 7.93. The maximum absolute atomic E-state index is 11.0. The van der Waals surface area contributed by atoms with Crippen LogP contribution in [-0.2, 0) is 19.0 Å². The Morgan fingerprint density at radius 2 is 1.45 bits per heavy atom. The largest absolute Gasteiger partial charge is 0.469 e. The molecule has 0 aromatic carbocycles. The van der Waals surface area contributed by atoms with Gasteiger partial charge in [-0.1, -0.05) is 32.1 Å². The molecule has 4 N–H and O–H groups in total. The number of carbonyl (C=O) groups excluding carboxylic acids is 1. The monoisotopic (exact) mass is 444 g/mol. The summed E-state index contributed by atoms with van der Waals surface area (Å²) in [6.45, 7) is -0.0894. The van der Waals surface area contributed by atoms with Gasteiger partial charge in [0.1, 0.15) is 24.4 Å². The minimum Gasteiger partial charge on any atom is -0.469 e. The van der Waals surface area contributed by atoms with E-state index in [1.807, 2.05) is 0 Å². The number of esters is 1. The fraction of sp³-hybridized carbons (Fsp3) is 0.870. The first-order chi connectivity index (χ1) is 15.0. The van der Waals surface area contributed by atoms with Gasteiger partial charge in [0, 0.05) is 25.9 Å². The molecule has 0 aromatic heterocycles. The zero-order valence-corrected chi connectivity index (χ0v) is 18.7. The Labute approximate surface area is 185 Å². The fourth-order valence-corrected chi connectivity index (χ4v) is 3.44. The van der Waals surface area contributed by atoms with Crippen LogP contribution in [0.1, 0.15) is 77.0 Å². The number of methoxy groups -OCH3 is 1. The second-order valence-corrected chi connectivity index (χ2v) is 7.93. The highest BCUT2D eigenvalue weighted by molar-refractivity contribution is 5.68. The smallest absolute Gasteiger partial charge is 0.305 e. The van der Waals surface area contributed by atoms with Gasteiger partial charge < -0.3 is 34.6 Å². The van der Waals surface area contributed by atoms with Crippen LogP contribution in [0.25, 0.3) is 0 Å². The maximum Gasteiger partial charge on any atom is 0.305 e. The summed E-state index contributed by atoms with van der Waals surface area (Å²) in [5.41, 5.74) is 0. The van der Waals surface area contributed by atoms with Crippen molar-refractivity contribution in [3.8, 4) is 11.8 Å². The third-order valence-electron chi connectivity index (χ3n) is 5.38. The van der Waals surface area contributed by atoms with Crippen molar-refractivity contribution >= 4 is 5.97 Å². The Balaban J connectivity index is 1.95. The molecule has 1 aliphatic heterocycles. The van der Waals surface area contributed by atoms with E-state index in [-0.39, 0.29) is 5.97 Å². The van der Waals surface area contributed by atoms with Gasteiger partial charge >= 0.3 is 5.97 Å². The number of aliphatic hydroxyl groups excluding tert-OH is 4. The van der Waals surface area contributed by atoms with Gasteiger partial charge in [0.05, 0.1) is 13.7 Å². The number of hydrogen-bond donors (Lipinski definition) is 4. The van der Waals surface area contributed by atoms with Gasteiger partial charge in [0.2, 0.25) is 0 Å². The lowest BCUT2D eigenvalue weighted by atomic mass is 9.99. The molecule has 0 saturated carbocycles. The molecule has 1 rings (SSSR count). The number of aliphatic hydroxyl groups is 4. The summed E-state index contributed by atoms with van der Waals surface area (Å²) in [5.74, 6) is 6.28. The Morgan fingerprint density at radius 1 is 0.871 bits per heavy atom. The van der Waals surface area contributed by atoms with Crippen LogP contribution in [-0.4, -0.2) is 77.4 Å². The van der Waals surface area contributed by atoms with Gasteiger partial charge in [-0.2, -0.15) is 0 Å². The summed E-state index contributed by atoms with van der Waals surface area (Å²) < 4.78 is 15.1. The Bertz CT molecular complexity index is 529. The number of hydrogen-bond acceptors (Lipinski definition) is 8. The van der Waals surface area contributed by atoms with Crippen molar-refractivity contribution in [1.82, 2.24) is 0 Å². The van der Waals surface area contributed by atoms with Crippen LogP contribution in [0.15, 0.2) is 0 Å². The molecule has 0 bridgehead atoms. The lowest BCUT2D eigenvalue weighted by Gasteiger charge is -2.39. The highest BCUT2D eigenvalue weighted by Crippen LogP contribution is 2.22. The minimum absolute atomic E-state index is 0.139. The maximum atomic E-state index is 11.0. The molecular weight excluding hydrogens is 404 g/mol. The lowest BCUT2D eigenvalue weighted by molar-refractivity contribution is -0.294. The first-order valence-corrected chi connectivity index (χ1v) is 11.5. The van der Waals surface area contributed by atoms with Crippen molar-refractivity contribution in [1.29, 1.82) is 0 Å². The van der Waals surface area contributed by atoms with Gasteiger partial charge in [0.15, 0.2) is 6.29 Å². The number of ether oxygens (including phenoxy) is 3. The number of unbranched alkanes of at least 4 members (excludes halogenated alkanes) is 9. The first kappa shape index (κ1) is 27.8. The van der Waals surface area contributed by atoms with E-state index < -0.39 is 37.3 Å². The second kappa shape index (κ2) is 17.4. The van der Waals surface area contributed by atoms with Crippen LogP contribution in [0.5, 0.6) is 0 Å².